The number of hydrogen-bond acceptors (Lipinski definition) is 10. The van der Waals surface area contributed by atoms with E-state index < -0.39 is 48.0 Å². The molecule has 2 unspecified atom stereocenters. The molecule has 63 heavy (non-hydrogen) atoms. The number of ether oxygens (including phenoxy) is 2. The highest BCUT2D eigenvalue weighted by atomic mass is 16.6. The molecule has 0 heterocycles. The number of aliphatic carboxylic acids is 2. The molecule has 0 aliphatic heterocycles. The van der Waals surface area contributed by atoms with E-state index in [2.05, 4.69) is 32.9 Å². The zero-order valence-electron chi connectivity index (χ0n) is 39.6. The number of aliphatic hydroxyl groups excluding tert-OH is 2. The third-order valence-electron chi connectivity index (χ3n) is 10.7. The van der Waals surface area contributed by atoms with Crippen molar-refractivity contribution in [2.24, 2.45) is 0 Å². The SMILES string of the molecule is CCCCCCCCCCCCCCCCCC(=O)OC(=O)CCC(=O)OC(=O)CCCCCCCCCCCCCCCCC.Cc1ccccc1.O=C(O)C(O)C(O)C(=O)O. The molecule has 0 bridgehead atoms. The second kappa shape index (κ2) is 46.4. The molecular formula is C51H88O12. The van der Waals surface area contributed by atoms with E-state index in [0.29, 0.717) is 12.8 Å². The van der Waals surface area contributed by atoms with Gasteiger partial charge in [0.05, 0.1) is 12.8 Å². The van der Waals surface area contributed by atoms with E-state index in [1.54, 1.807) is 0 Å². The zero-order chi connectivity index (χ0) is 47.2. The van der Waals surface area contributed by atoms with Crippen LogP contribution >= 0.6 is 0 Å². The van der Waals surface area contributed by atoms with Gasteiger partial charge >= 0.3 is 35.8 Å². The molecule has 0 spiro atoms. The molecule has 364 valence electrons. The Bertz CT molecular complexity index is 1190. The first kappa shape index (κ1) is 61.4. The highest BCUT2D eigenvalue weighted by molar-refractivity contribution is 5.90. The molecule has 0 aliphatic carbocycles. The highest BCUT2D eigenvalue weighted by Gasteiger charge is 2.29. The first-order valence-electron chi connectivity index (χ1n) is 24.7. The van der Waals surface area contributed by atoms with Crippen LogP contribution in [-0.4, -0.2) is 68.4 Å². The van der Waals surface area contributed by atoms with Gasteiger partial charge in [-0.1, -0.05) is 230 Å². The van der Waals surface area contributed by atoms with Gasteiger partial charge in [0.1, 0.15) is 0 Å². The third-order valence-corrected chi connectivity index (χ3v) is 10.7. The fourth-order valence-electron chi connectivity index (χ4n) is 6.75. The molecule has 12 nitrogen and oxygen atoms in total. The van der Waals surface area contributed by atoms with Gasteiger partial charge in [0.2, 0.25) is 0 Å². The van der Waals surface area contributed by atoms with Gasteiger partial charge in [0, 0.05) is 12.8 Å². The van der Waals surface area contributed by atoms with Crippen LogP contribution in [0.2, 0.25) is 0 Å². The largest absolute Gasteiger partial charge is 0.479 e. The maximum Gasteiger partial charge on any atom is 0.335 e. The van der Waals surface area contributed by atoms with Crippen LogP contribution in [0, 0.1) is 6.92 Å². The summed E-state index contributed by atoms with van der Waals surface area (Å²) in [4.78, 5) is 67.2. The Morgan fingerprint density at radius 1 is 0.381 bits per heavy atom. The predicted octanol–water partition coefficient (Wildman–Crippen LogP) is 12.3. The van der Waals surface area contributed by atoms with Crippen LogP contribution in [0.5, 0.6) is 0 Å². The quantitative estimate of drug-likeness (QED) is 0.0278. The van der Waals surface area contributed by atoms with Crippen molar-refractivity contribution in [3.05, 3.63) is 35.9 Å². The maximum absolute atomic E-state index is 11.9. The number of esters is 4. The Morgan fingerprint density at radius 3 is 0.810 bits per heavy atom. The number of benzene rings is 1. The van der Waals surface area contributed by atoms with E-state index in [1.807, 2.05) is 18.2 Å². The minimum Gasteiger partial charge on any atom is -0.479 e. The van der Waals surface area contributed by atoms with E-state index in [-0.39, 0.29) is 25.7 Å². The lowest BCUT2D eigenvalue weighted by atomic mass is 10.0. The first-order valence-corrected chi connectivity index (χ1v) is 24.7. The van der Waals surface area contributed by atoms with Crippen molar-refractivity contribution in [2.75, 3.05) is 0 Å². The van der Waals surface area contributed by atoms with E-state index in [4.69, 9.17) is 29.9 Å². The monoisotopic (exact) mass is 893 g/mol. The Kier molecular flexibility index (Phi) is 45.2. The Labute approximate surface area is 380 Å². The molecule has 1 aromatic rings. The number of carbonyl (C=O) groups excluding carboxylic acids is 4. The van der Waals surface area contributed by atoms with Crippen LogP contribution in [0.1, 0.15) is 238 Å². The molecule has 4 N–H and O–H groups in total. The molecule has 0 saturated carbocycles. The number of hydrogen-bond donors (Lipinski definition) is 4. The molecule has 0 radical (unpaired) electrons. The van der Waals surface area contributed by atoms with Crippen LogP contribution in [-0.2, 0) is 38.2 Å². The van der Waals surface area contributed by atoms with Crippen molar-refractivity contribution in [2.45, 2.75) is 251 Å². The normalized spacial score (nSPS) is 11.6. The summed E-state index contributed by atoms with van der Waals surface area (Å²) in [7, 11) is 0. The van der Waals surface area contributed by atoms with Crippen LogP contribution in [0.25, 0.3) is 0 Å². The van der Waals surface area contributed by atoms with Gasteiger partial charge < -0.3 is 29.9 Å². The second-order valence-corrected chi connectivity index (χ2v) is 16.8. The number of aryl methyl sites for hydroxylation is 1. The van der Waals surface area contributed by atoms with E-state index in [0.717, 1.165) is 25.7 Å². The molecule has 0 aromatic heterocycles. The summed E-state index contributed by atoms with van der Waals surface area (Å²) < 4.78 is 9.63. The Hall–Kier alpha value is -3.64. The van der Waals surface area contributed by atoms with E-state index >= 15 is 0 Å². The van der Waals surface area contributed by atoms with Crippen molar-refractivity contribution in [1.29, 1.82) is 0 Å². The van der Waals surface area contributed by atoms with Gasteiger partial charge in [-0.3, -0.25) is 19.2 Å². The number of aliphatic hydroxyl groups is 2. The second-order valence-electron chi connectivity index (χ2n) is 16.8. The highest BCUT2D eigenvalue weighted by Crippen LogP contribution is 2.16. The number of carbonyl (C=O) groups is 6. The minimum absolute atomic E-state index is 0.214. The summed E-state index contributed by atoms with van der Waals surface area (Å²) in [5.74, 6) is -6.10. The molecule has 1 aromatic carbocycles. The first-order chi connectivity index (χ1) is 30.3. The topological polar surface area (TPSA) is 202 Å². The average Bonchev–Trinajstić information content (AvgIpc) is 3.25. The maximum atomic E-state index is 11.9. The summed E-state index contributed by atoms with van der Waals surface area (Å²) in [5.41, 5.74) is 1.32. The van der Waals surface area contributed by atoms with Crippen molar-refractivity contribution in [1.82, 2.24) is 0 Å². The van der Waals surface area contributed by atoms with Crippen LogP contribution < -0.4 is 0 Å². The molecule has 2 atom stereocenters. The third kappa shape index (κ3) is 46.2. The summed E-state index contributed by atoms with van der Waals surface area (Å²) in [5, 5.41) is 32.5. The van der Waals surface area contributed by atoms with Gasteiger partial charge in [0.25, 0.3) is 0 Å². The van der Waals surface area contributed by atoms with Gasteiger partial charge in [-0.25, -0.2) is 9.59 Å². The number of carboxylic acids is 2. The molecule has 0 saturated heterocycles. The van der Waals surface area contributed by atoms with E-state index in [9.17, 15) is 28.8 Å². The standard InChI is InChI=1S/C40H74O6.C7H8.C4H6O6/c1-3-5-7-9-11-13-15-17-19-21-23-25-27-29-31-33-37(41)45-39(43)35-36-40(44)46-38(42)34-32-30-28-26-24-22-20-18-16-14-12-10-8-6-4-2;1-7-5-3-2-4-6-7;5-1(3(7)8)2(6)4(9)10/h3-36H2,1-2H3;2-6H,1H3;1-2,5-6H,(H,7,8)(H,9,10). The van der Waals surface area contributed by atoms with Crippen molar-refractivity contribution >= 4 is 35.8 Å². The van der Waals surface area contributed by atoms with Crippen molar-refractivity contribution < 1.29 is 58.7 Å². The lowest BCUT2D eigenvalue weighted by molar-refractivity contribution is -0.165. The summed E-state index contributed by atoms with van der Waals surface area (Å²) in [6, 6.07) is 10.3. The summed E-state index contributed by atoms with van der Waals surface area (Å²) >= 11 is 0. The summed E-state index contributed by atoms with van der Waals surface area (Å²) in [6.45, 7) is 6.60. The predicted molar refractivity (Wildman–Crippen MR) is 249 cm³/mol. The molecule has 0 amide bonds. The molecule has 1 rings (SSSR count). The molecule has 0 aliphatic rings. The van der Waals surface area contributed by atoms with Gasteiger partial charge in [-0.05, 0) is 19.8 Å². The Balaban J connectivity index is 0. The van der Waals surface area contributed by atoms with Crippen LogP contribution in [0.3, 0.4) is 0 Å². The fraction of sp³-hybridized carbons (Fsp3) is 0.765. The van der Waals surface area contributed by atoms with Crippen molar-refractivity contribution in [3.63, 3.8) is 0 Å². The lowest BCUT2D eigenvalue weighted by Crippen LogP contribution is -2.39. The van der Waals surface area contributed by atoms with Gasteiger partial charge in [0.15, 0.2) is 12.2 Å². The Morgan fingerprint density at radius 2 is 0.603 bits per heavy atom. The molecule has 12 heteroatoms. The zero-order valence-corrected chi connectivity index (χ0v) is 39.6. The lowest BCUT2D eigenvalue weighted by Gasteiger charge is -2.07. The van der Waals surface area contributed by atoms with Crippen LogP contribution in [0.15, 0.2) is 30.3 Å². The summed E-state index contributed by atoms with van der Waals surface area (Å²) in [6.07, 6.45) is 32.9. The van der Waals surface area contributed by atoms with Gasteiger partial charge in [-0.2, -0.15) is 0 Å². The molecule has 0 fully saturated rings. The number of carboxylic acid groups (broad SMARTS) is 2. The van der Waals surface area contributed by atoms with Crippen LogP contribution in [0.4, 0.5) is 0 Å². The smallest absolute Gasteiger partial charge is 0.335 e. The van der Waals surface area contributed by atoms with Gasteiger partial charge in [-0.15, -0.1) is 0 Å². The van der Waals surface area contributed by atoms with Crippen molar-refractivity contribution in [3.8, 4) is 0 Å². The van der Waals surface area contributed by atoms with E-state index in [1.165, 1.54) is 160 Å². The number of unbranched alkanes of at least 4 members (excludes halogenated alkanes) is 28. The minimum atomic E-state index is -2.27. The number of rotatable bonds is 38. The fourth-order valence-corrected chi connectivity index (χ4v) is 6.75. The average molecular weight is 893 g/mol. The molecular weight excluding hydrogens is 805 g/mol.